The molecule has 0 fully saturated rings. The van der Waals surface area contributed by atoms with Crippen LogP contribution in [-0.2, 0) is 16.8 Å². The summed E-state index contributed by atoms with van der Waals surface area (Å²) in [6.45, 7) is 0.613. The van der Waals surface area contributed by atoms with E-state index in [0.29, 0.717) is 17.5 Å². The standard InChI is InChI=1S/C23H18FNO2S/c24-28(26,27)16-15-21-20-13-7-8-14-22(20)25(17-18-9-3-1-4-10-18)23(21)19-11-5-2-6-12-19/h1-16H,17H2/b16-15+. The monoisotopic (exact) mass is 391 g/mol. The van der Waals surface area contributed by atoms with Crippen LogP contribution in [0.5, 0.6) is 0 Å². The summed E-state index contributed by atoms with van der Waals surface area (Å²) in [5.74, 6) is 0. The van der Waals surface area contributed by atoms with Gasteiger partial charge in [0.05, 0.1) is 11.1 Å². The first-order valence-corrected chi connectivity index (χ1v) is 10.3. The SMILES string of the molecule is O=S(=O)(F)/C=C/c1c(-c2ccccc2)n(Cc2ccccc2)c2ccccc12. The fourth-order valence-corrected chi connectivity index (χ4v) is 3.78. The second-order valence-corrected chi connectivity index (χ2v) is 7.72. The Labute approximate surface area is 163 Å². The molecule has 140 valence electrons. The lowest BCUT2D eigenvalue weighted by molar-refractivity contribution is 0.563. The summed E-state index contributed by atoms with van der Waals surface area (Å²) in [4.78, 5) is 0. The van der Waals surface area contributed by atoms with Crippen molar-refractivity contribution in [2.75, 3.05) is 0 Å². The molecule has 0 unspecified atom stereocenters. The zero-order chi connectivity index (χ0) is 19.6. The first-order chi connectivity index (χ1) is 13.5. The Balaban J connectivity index is 2.02. The van der Waals surface area contributed by atoms with Crippen molar-refractivity contribution >= 4 is 27.2 Å². The molecule has 3 aromatic carbocycles. The number of para-hydroxylation sites is 1. The first kappa shape index (κ1) is 18.2. The van der Waals surface area contributed by atoms with Crippen molar-refractivity contribution in [2.24, 2.45) is 0 Å². The molecule has 0 radical (unpaired) electrons. The lowest BCUT2D eigenvalue weighted by atomic mass is 10.1. The number of nitrogens with zero attached hydrogens (tertiary/aromatic N) is 1. The van der Waals surface area contributed by atoms with Crippen LogP contribution < -0.4 is 0 Å². The van der Waals surface area contributed by atoms with E-state index < -0.39 is 10.2 Å². The number of hydrogen-bond acceptors (Lipinski definition) is 2. The minimum Gasteiger partial charge on any atom is -0.335 e. The minimum absolute atomic E-state index is 0.613. The Kier molecular flexibility index (Phi) is 4.84. The van der Waals surface area contributed by atoms with Crippen LogP contribution >= 0.6 is 0 Å². The molecule has 0 saturated heterocycles. The normalized spacial score (nSPS) is 12.0. The topological polar surface area (TPSA) is 39.1 Å². The van der Waals surface area contributed by atoms with Gasteiger partial charge in [-0.25, -0.2) is 0 Å². The second kappa shape index (κ2) is 7.44. The van der Waals surface area contributed by atoms with Gasteiger partial charge in [-0.1, -0.05) is 78.9 Å². The van der Waals surface area contributed by atoms with Gasteiger partial charge >= 0.3 is 10.2 Å². The summed E-state index contributed by atoms with van der Waals surface area (Å²) in [5, 5.41) is 1.49. The summed E-state index contributed by atoms with van der Waals surface area (Å²) in [7, 11) is -4.73. The molecule has 5 heteroatoms. The van der Waals surface area contributed by atoms with E-state index in [4.69, 9.17) is 0 Å². The molecule has 28 heavy (non-hydrogen) atoms. The van der Waals surface area contributed by atoms with Crippen molar-refractivity contribution in [2.45, 2.75) is 6.54 Å². The van der Waals surface area contributed by atoms with Crippen LogP contribution in [0, 0.1) is 0 Å². The predicted molar refractivity (Wildman–Crippen MR) is 112 cm³/mol. The molecule has 4 aromatic rings. The van der Waals surface area contributed by atoms with Crippen LogP contribution in [0.15, 0.2) is 90.3 Å². The van der Waals surface area contributed by atoms with E-state index in [9.17, 15) is 12.3 Å². The number of halogens is 1. The van der Waals surface area contributed by atoms with Crippen molar-refractivity contribution in [1.29, 1.82) is 0 Å². The third kappa shape index (κ3) is 3.75. The van der Waals surface area contributed by atoms with E-state index in [-0.39, 0.29) is 0 Å². The third-order valence-electron chi connectivity index (χ3n) is 4.64. The number of aromatic nitrogens is 1. The molecule has 0 spiro atoms. The van der Waals surface area contributed by atoms with Crippen molar-refractivity contribution in [1.82, 2.24) is 4.57 Å². The van der Waals surface area contributed by atoms with Crippen LogP contribution in [-0.4, -0.2) is 13.0 Å². The first-order valence-electron chi connectivity index (χ1n) is 8.86. The highest BCUT2D eigenvalue weighted by Gasteiger charge is 2.17. The van der Waals surface area contributed by atoms with E-state index in [1.807, 2.05) is 84.9 Å². The third-order valence-corrected chi connectivity index (χ3v) is 5.10. The molecule has 0 aliphatic rings. The Morgan fingerprint density at radius 1 is 0.821 bits per heavy atom. The lowest BCUT2D eigenvalue weighted by Gasteiger charge is -2.12. The van der Waals surface area contributed by atoms with Crippen LogP contribution in [0.25, 0.3) is 28.2 Å². The summed E-state index contributed by atoms with van der Waals surface area (Å²) in [6.07, 6.45) is 1.35. The number of fused-ring (bicyclic) bond motifs is 1. The van der Waals surface area contributed by atoms with Crippen LogP contribution in [0.4, 0.5) is 3.89 Å². The molecule has 4 rings (SSSR count). The van der Waals surface area contributed by atoms with Crippen molar-refractivity contribution in [3.63, 3.8) is 0 Å². The van der Waals surface area contributed by atoms with Gasteiger partial charge in [0.1, 0.15) is 0 Å². The molecule has 0 aliphatic carbocycles. The van der Waals surface area contributed by atoms with Gasteiger partial charge in [-0.05, 0) is 23.3 Å². The molecule has 0 bridgehead atoms. The second-order valence-electron chi connectivity index (χ2n) is 6.50. The zero-order valence-electron chi connectivity index (χ0n) is 15.0. The Morgan fingerprint density at radius 3 is 2.11 bits per heavy atom. The quantitative estimate of drug-likeness (QED) is 0.414. The molecule has 1 aromatic heterocycles. The Bertz CT molecular complexity index is 1240. The van der Waals surface area contributed by atoms with Crippen LogP contribution in [0.3, 0.4) is 0 Å². The fourth-order valence-electron chi connectivity index (χ4n) is 3.49. The van der Waals surface area contributed by atoms with E-state index >= 15 is 0 Å². The number of benzene rings is 3. The van der Waals surface area contributed by atoms with E-state index in [1.165, 1.54) is 6.08 Å². The maximum Gasteiger partial charge on any atom is 0.325 e. The maximum absolute atomic E-state index is 13.2. The largest absolute Gasteiger partial charge is 0.335 e. The molecule has 0 amide bonds. The number of rotatable bonds is 5. The van der Waals surface area contributed by atoms with E-state index in [0.717, 1.165) is 27.7 Å². The van der Waals surface area contributed by atoms with Gasteiger partial charge in [0.15, 0.2) is 0 Å². The highest BCUT2D eigenvalue weighted by molar-refractivity contribution is 7.89. The molecule has 0 atom stereocenters. The summed E-state index contributed by atoms with van der Waals surface area (Å²) < 4.78 is 37.6. The molecule has 3 nitrogen and oxygen atoms in total. The fraction of sp³-hybridized carbons (Fsp3) is 0.0435. The molecule has 0 saturated carbocycles. The lowest BCUT2D eigenvalue weighted by Crippen LogP contribution is -2.02. The van der Waals surface area contributed by atoms with Gasteiger partial charge in [0.2, 0.25) is 0 Å². The summed E-state index contributed by atoms with van der Waals surface area (Å²) >= 11 is 0. The number of hydrogen-bond donors (Lipinski definition) is 0. The average Bonchev–Trinajstić information content (AvgIpc) is 3.01. The Hall–Kier alpha value is -3.18. The van der Waals surface area contributed by atoms with Crippen LogP contribution in [0.1, 0.15) is 11.1 Å². The van der Waals surface area contributed by atoms with Gasteiger partial charge in [0.25, 0.3) is 0 Å². The summed E-state index contributed by atoms with van der Waals surface area (Å²) in [5.41, 5.74) is 4.55. The summed E-state index contributed by atoms with van der Waals surface area (Å²) in [6, 6.07) is 27.5. The molecular formula is C23H18FNO2S. The van der Waals surface area contributed by atoms with Gasteiger partial charge < -0.3 is 4.57 Å². The molecular weight excluding hydrogens is 373 g/mol. The Morgan fingerprint density at radius 2 is 1.43 bits per heavy atom. The van der Waals surface area contributed by atoms with Gasteiger partial charge in [-0.2, -0.15) is 8.42 Å². The molecule has 0 N–H and O–H groups in total. The van der Waals surface area contributed by atoms with Gasteiger partial charge in [0, 0.05) is 23.0 Å². The van der Waals surface area contributed by atoms with Crippen molar-refractivity contribution in [3.8, 4) is 11.3 Å². The van der Waals surface area contributed by atoms with Crippen LogP contribution in [0.2, 0.25) is 0 Å². The predicted octanol–water partition coefficient (Wildman–Crippen LogP) is 5.63. The van der Waals surface area contributed by atoms with Gasteiger partial charge in [-0.15, -0.1) is 3.89 Å². The smallest absolute Gasteiger partial charge is 0.325 e. The van der Waals surface area contributed by atoms with Crippen molar-refractivity contribution < 1.29 is 12.3 Å². The maximum atomic E-state index is 13.2. The highest BCUT2D eigenvalue weighted by atomic mass is 32.3. The highest BCUT2D eigenvalue weighted by Crippen LogP contribution is 2.35. The molecule has 1 heterocycles. The average molecular weight is 391 g/mol. The van der Waals surface area contributed by atoms with Crippen molar-refractivity contribution in [3.05, 3.63) is 101 Å². The zero-order valence-corrected chi connectivity index (χ0v) is 15.8. The van der Waals surface area contributed by atoms with E-state index in [1.54, 1.807) is 0 Å². The minimum atomic E-state index is -4.73. The van der Waals surface area contributed by atoms with E-state index in [2.05, 4.69) is 4.57 Å². The van der Waals surface area contributed by atoms with Gasteiger partial charge in [-0.3, -0.25) is 0 Å². The molecule has 0 aliphatic heterocycles.